The Balaban J connectivity index is 0.00000196. The molecule has 0 saturated carbocycles. The van der Waals surface area contributed by atoms with Crippen molar-refractivity contribution < 1.29 is 14.3 Å². The van der Waals surface area contributed by atoms with Crippen LogP contribution in [0.15, 0.2) is 23.6 Å². The number of benzene rings is 1. The van der Waals surface area contributed by atoms with Crippen LogP contribution in [0.4, 0.5) is 0 Å². The van der Waals surface area contributed by atoms with Gasteiger partial charge in [0, 0.05) is 18.3 Å². The average Bonchev–Trinajstić information content (AvgIpc) is 3.30. The van der Waals surface area contributed by atoms with Gasteiger partial charge in [-0.05, 0) is 37.1 Å². The minimum atomic E-state index is -0.00286. The predicted octanol–water partition coefficient (Wildman–Crippen LogP) is 2.81. The summed E-state index contributed by atoms with van der Waals surface area (Å²) in [6.07, 6.45) is 2.65. The van der Waals surface area contributed by atoms with Gasteiger partial charge in [0.05, 0.1) is 11.0 Å². The first-order valence-electron chi connectivity index (χ1n) is 8.61. The lowest BCUT2D eigenvalue weighted by atomic mass is 10.0. The highest BCUT2D eigenvalue weighted by molar-refractivity contribution is 7.09. The Morgan fingerprint density at radius 1 is 1.31 bits per heavy atom. The lowest BCUT2D eigenvalue weighted by molar-refractivity contribution is 0.0729. The average molecular weight is 396 g/mol. The van der Waals surface area contributed by atoms with Gasteiger partial charge in [0.1, 0.15) is 18.9 Å². The van der Waals surface area contributed by atoms with E-state index < -0.39 is 0 Å². The Morgan fingerprint density at radius 2 is 2.12 bits per heavy atom. The molecule has 2 aliphatic heterocycles. The van der Waals surface area contributed by atoms with Gasteiger partial charge in [0.15, 0.2) is 11.5 Å². The number of nitrogens with zero attached hydrogens (tertiary/aromatic N) is 2. The molecule has 3 heterocycles. The molecule has 2 N–H and O–H groups in total. The van der Waals surface area contributed by atoms with Crippen LogP contribution in [0.25, 0.3) is 0 Å². The molecule has 2 aromatic rings. The molecule has 1 fully saturated rings. The van der Waals surface area contributed by atoms with Crippen LogP contribution in [0, 0.1) is 0 Å². The van der Waals surface area contributed by atoms with Crippen LogP contribution in [0.2, 0.25) is 0 Å². The number of halogens is 1. The molecule has 1 amide bonds. The van der Waals surface area contributed by atoms with Crippen molar-refractivity contribution >= 4 is 29.7 Å². The van der Waals surface area contributed by atoms with Crippen LogP contribution in [-0.2, 0) is 6.42 Å². The van der Waals surface area contributed by atoms with E-state index in [4.69, 9.17) is 15.2 Å². The first kappa shape index (κ1) is 18.9. The van der Waals surface area contributed by atoms with E-state index in [1.165, 1.54) is 11.3 Å². The summed E-state index contributed by atoms with van der Waals surface area (Å²) in [6.45, 7) is 2.44. The molecular weight excluding hydrogens is 374 g/mol. The number of hydrogen-bond donors (Lipinski definition) is 1. The Labute approximate surface area is 162 Å². The number of likely N-dealkylation sites (tertiary alicyclic amines) is 1. The zero-order chi connectivity index (χ0) is 17.2. The van der Waals surface area contributed by atoms with Crippen molar-refractivity contribution in [3.63, 3.8) is 0 Å². The lowest BCUT2D eigenvalue weighted by Crippen LogP contribution is -2.31. The normalized spacial score (nSPS) is 18.5. The zero-order valence-electron chi connectivity index (χ0n) is 14.3. The van der Waals surface area contributed by atoms with Gasteiger partial charge in [-0.1, -0.05) is 6.07 Å². The summed E-state index contributed by atoms with van der Waals surface area (Å²) in [4.78, 5) is 19.3. The predicted molar refractivity (Wildman–Crippen MR) is 103 cm³/mol. The molecule has 1 saturated heterocycles. The fourth-order valence-corrected chi connectivity index (χ4v) is 4.21. The van der Waals surface area contributed by atoms with Crippen molar-refractivity contribution in [2.45, 2.75) is 25.3 Å². The van der Waals surface area contributed by atoms with Gasteiger partial charge < -0.3 is 20.1 Å². The number of carbonyl (C=O) groups is 1. The van der Waals surface area contributed by atoms with Crippen LogP contribution in [0.5, 0.6) is 11.5 Å². The fraction of sp³-hybridized carbons (Fsp3) is 0.444. The first-order chi connectivity index (χ1) is 12.3. The smallest absolute Gasteiger partial charge is 0.273 e. The number of ether oxygens (including phenoxy) is 2. The van der Waals surface area contributed by atoms with E-state index in [1.807, 2.05) is 28.5 Å². The quantitative estimate of drug-likeness (QED) is 0.861. The molecule has 1 aromatic heterocycles. The third-order valence-corrected chi connectivity index (χ3v) is 5.50. The van der Waals surface area contributed by atoms with Crippen LogP contribution in [0.1, 0.15) is 39.9 Å². The van der Waals surface area contributed by atoms with Gasteiger partial charge in [-0.15, -0.1) is 23.7 Å². The van der Waals surface area contributed by atoms with Crippen molar-refractivity contribution in [1.29, 1.82) is 0 Å². The molecule has 4 rings (SSSR count). The topological polar surface area (TPSA) is 77.7 Å². The van der Waals surface area contributed by atoms with E-state index in [-0.39, 0.29) is 24.4 Å². The summed E-state index contributed by atoms with van der Waals surface area (Å²) >= 11 is 1.50. The molecule has 0 radical (unpaired) electrons. The summed E-state index contributed by atoms with van der Waals surface area (Å²) in [5, 5.41) is 2.76. The second-order valence-corrected chi connectivity index (χ2v) is 7.17. The maximum Gasteiger partial charge on any atom is 0.273 e. The number of hydrogen-bond acceptors (Lipinski definition) is 6. The van der Waals surface area contributed by atoms with Gasteiger partial charge in [-0.2, -0.15) is 0 Å². The Bertz CT molecular complexity index is 783. The number of nitrogens with two attached hydrogens (primary N) is 1. The van der Waals surface area contributed by atoms with Crippen LogP contribution < -0.4 is 15.2 Å². The molecular formula is C18H22ClN3O3S. The Morgan fingerprint density at radius 3 is 2.92 bits per heavy atom. The van der Waals surface area contributed by atoms with Crippen molar-refractivity contribution in [1.82, 2.24) is 9.88 Å². The molecule has 0 aliphatic carbocycles. The minimum Gasteiger partial charge on any atom is -0.486 e. The summed E-state index contributed by atoms with van der Waals surface area (Å²) < 4.78 is 11.3. The van der Waals surface area contributed by atoms with E-state index >= 15 is 0 Å². The maximum absolute atomic E-state index is 12.9. The highest BCUT2D eigenvalue weighted by Crippen LogP contribution is 2.38. The zero-order valence-corrected chi connectivity index (χ0v) is 16.0. The Hall–Kier alpha value is -1.83. The van der Waals surface area contributed by atoms with Gasteiger partial charge >= 0.3 is 0 Å². The summed E-state index contributed by atoms with van der Waals surface area (Å²) in [7, 11) is 0. The third-order valence-electron chi connectivity index (χ3n) is 4.59. The lowest BCUT2D eigenvalue weighted by Gasteiger charge is -2.26. The van der Waals surface area contributed by atoms with Crippen LogP contribution in [-0.4, -0.2) is 42.1 Å². The molecule has 0 spiro atoms. The first-order valence-corrected chi connectivity index (χ1v) is 9.49. The van der Waals surface area contributed by atoms with Crippen molar-refractivity contribution in [2.24, 2.45) is 5.73 Å². The molecule has 1 unspecified atom stereocenters. The third kappa shape index (κ3) is 3.65. The number of fused-ring (bicyclic) bond motifs is 1. The maximum atomic E-state index is 12.9. The number of carbonyl (C=O) groups excluding carboxylic acids is 1. The summed E-state index contributed by atoms with van der Waals surface area (Å²) in [6, 6.07) is 6.03. The highest BCUT2D eigenvalue weighted by Gasteiger charge is 2.32. The molecule has 140 valence electrons. The van der Waals surface area contributed by atoms with Gasteiger partial charge in [-0.25, -0.2) is 4.98 Å². The number of amides is 1. The molecule has 6 nitrogen and oxygen atoms in total. The SMILES string of the molecule is Cl.NCCc1nc(C(=O)N2CCCC2c2ccc3c(c2)OCCO3)cs1. The standard InChI is InChI=1S/C18H21N3O3S.ClH/c19-6-5-17-20-13(11-25-17)18(22)21-7-1-2-14(21)12-3-4-15-16(10-12)24-9-8-23-15;/h3-4,10-11,14H,1-2,5-9,19H2;1H. The fourth-order valence-electron chi connectivity index (χ4n) is 3.42. The number of thiazole rings is 1. The molecule has 8 heteroatoms. The Kier molecular flexibility index (Phi) is 6.01. The second-order valence-electron chi connectivity index (χ2n) is 6.22. The largest absolute Gasteiger partial charge is 0.486 e. The summed E-state index contributed by atoms with van der Waals surface area (Å²) in [5.74, 6) is 1.54. The highest BCUT2D eigenvalue weighted by atomic mass is 35.5. The number of aromatic nitrogens is 1. The van der Waals surface area contributed by atoms with Crippen molar-refractivity contribution in [2.75, 3.05) is 26.3 Å². The van der Waals surface area contributed by atoms with Gasteiger partial charge in [0.25, 0.3) is 5.91 Å². The van der Waals surface area contributed by atoms with E-state index in [2.05, 4.69) is 4.98 Å². The van der Waals surface area contributed by atoms with Crippen molar-refractivity contribution in [3.05, 3.63) is 39.8 Å². The minimum absolute atomic E-state index is 0. The van der Waals surface area contributed by atoms with Gasteiger partial charge in [0.2, 0.25) is 0 Å². The summed E-state index contributed by atoms with van der Waals surface area (Å²) in [5.41, 5.74) is 7.19. The van der Waals surface area contributed by atoms with E-state index in [9.17, 15) is 4.79 Å². The van der Waals surface area contributed by atoms with Crippen LogP contribution in [0.3, 0.4) is 0 Å². The molecule has 0 bridgehead atoms. The molecule has 26 heavy (non-hydrogen) atoms. The molecule has 2 aliphatic rings. The second kappa shape index (κ2) is 8.24. The van der Waals surface area contributed by atoms with Crippen molar-refractivity contribution in [3.8, 4) is 11.5 Å². The van der Waals surface area contributed by atoms with E-state index in [1.54, 1.807) is 0 Å². The molecule has 1 aromatic carbocycles. The van der Waals surface area contributed by atoms with Crippen LogP contribution >= 0.6 is 23.7 Å². The molecule has 1 atom stereocenters. The van der Waals surface area contributed by atoms with Gasteiger partial charge in [-0.3, -0.25) is 4.79 Å². The van der Waals surface area contributed by atoms with E-state index in [0.29, 0.717) is 31.9 Å². The monoisotopic (exact) mass is 395 g/mol. The van der Waals surface area contributed by atoms with E-state index in [0.717, 1.165) is 41.5 Å². The number of rotatable bonds is 4.